The Labute approximate surface area is 108 Å². The van der Waals surface area contributed by atoms with E-state index in [1.165, 1.54) is 0 Å². The molecule has 0 spiro atoms. The van der Waals surface area contributed by atoms with Gasteiger partial charge in [0.25, 0.3) is 0 Å². The van der Waals surface area contributed by atoms with Gasteiger partial charge in [-0.25, -0.2) is 0 Å². The van der Waals surface area contributed by atoms with E-state index in [9.17, 15) is 0 Å². The summed E-state index contributed by atoms with van der Waals surface area (Å²) in [7, 11) is 1.95. The van der Waals surface area contributed by atoms with Gasteiger partial charge in [0.2, 0.25) is 0 Å². The second kappa shape index (κ2) is 4.60. The van der Waals surface area contributed by atoms with E-state index >= 15 is 0 Å². The topological polar surface area (TPSA) is 17.8 Å². The minimum absolute atomic E-state index is 0.748. The molecule has 84 valence electrons. The van der Waals surface area contributed by atoms with Crippen LogP contribution in [0.2, 0.25) is 5.02 Å². The third-order valence-electron chi connectivity index (χ3n) is 2.51. The highest BCUT2D eigenvalue weighted by molar-refractivity contribution is 9.10. The average Bonchev–Trinajstić information content (AvgIpc) is 2.56. The van der Waals surface area contributed by atoms with Crippen LogP contribution in [0.15, 0.2) is 28.7 Å². The molecule has 2 rings (SSSR count). The lowest BCUT2D eigenvalue weighted by atomic mass is 10.1. The van der Waals surface area contributed by atoms with Crippen LogP contribution in [0, 0.1) is 0 Å². The van der Waals surface area contributed by atoms with Crippen molar-refractivity contribution in [3.05, 3.63) is 39.5 Å². The maximum absolute atomic E-state index is 5.88. The zero-order chi connectivity index (χ0) is 11.7. The molecule has 2 nitrogen and oxygen atoms in total. The highest BCUT2D eigenvalue weighted by atomic mass is 79.9. The van der Waals surface area contributed by atoms with Gasteiger partial charge in [0.15, 0.2) is 0 Å². The molecular weight excluding hydrogens is 288 g/mol. The van der Waals surface area contributed by atoms with Crippen molar-refractivity contribution in [2.45, 2.75) is 13.3 Å². The van der Waals surface area contributed by atoms with Crippen LogP contribution in [0.5, 0.6) is 0 Å². The van der Waals surface area contributed by atoms with Crippen LogP contribution in [0.4, 0.5) is 0 Å². The minimum atomic E-state index is 0.748. The Balaban J connectivity index is 2.55. The first kappa shape index (κ1) is 11.7. The molecule has 0 bridgehead atoms. The molecule has 0 N–H and O–H groups in total. The number of aryl methyl sites for hydroxylation is 2. The fraction of sp³-hybridized carbons (Fsp3) is 0.250. The highest BCUT2D eigenvalue weighted by Gasteiger charge is 2.13. The first-order valence-electron chi connectivity index (χ1n) is 5.10. The van der Waals surface area contributed by atoms with Crippen LogP contribution in [0.3, 0.4) is 0 Å². The molecule has 0 aliphatic rings. The Kier molecular flexibility index (Phi) is 3.36. The van der Waals surface area contributed by atoms with E-state index in [-0.39, 0.29) is 0 Å². The van der Waals surface area contributed by atoms with E-state index in [0.29, 0.717) is 0 Å². The molecule has 0 amide bonds. The lowest BCUT2D eigenvalue weighted by Gasteiger charge is -2.03. The second-order valence-corrected chi connectivity index (χ2v) is 4.82. The van der Waals surface area contributed by atoms with Crippen molar-refractivity contribution in [1.29, 1.82) is 0 Å². The molecule has 0 unspecified atom stereocenters. The second-order valence-electron chi connectivity index (χ2n) is 3.59. The summed E-state index contributed by atoms with van der Waals surface area (Å²) in [6.45, 7) is 2.10. The van der Waals surface area contributed by atoms with Crippen molar-refractivity contribution in [3.8, 4) is 11.3 Å². The SMILES string of the molecule is CCc1nn(C)c(-c2ccc(Cl)cc2)c1Br. The predicted octanol–water partition coefficient (Wildman–Crippen LogP) is 4.07. The first-order chi connectivity index (χ1) is 7.63. The van der Waals surface area contributed by atoms with Crippen LogP contribution in [-0.4, -0.2) is 9.78 Å². The largest absolute Gasteiger partial charge is 0.266 e. The number of hydrogen-bond acceptors (Lipinski definition) is 1. The van der Waals surface area contributed by atoms with E-state index in [0.717, 1.165) is 32.9 Å². The molecule has 0 aliphatic carbocycles. The summed E-state index contributed by atoms with van der Waals surface area (Å²) >= 11 is 9.48. The standard InChI is InChI=1S/C12H12BrClN2/c1-3-10-11(13)12(16(2)15-10)8-4-6-9(14)7-5-8/h4-7H,3H2,1-2H3. The van der Waals surface area contributed by atoms with Crippen molar-refractivity contribution >= 4 is 27.5 Å². The summed E-state index contributed by atoms with van der Waals surface area (Å²) in [6.07, 6.45) is 0.919. The van der Waals surface area contributed by atoms with Crippen LogP contribution in [-0.2, 0) is 13.5 Å². The smallest absolute Gasteiger partial charge is 0.0824 e. The van der Waals surface area contributed by atoms with Crippen LogP contribution in [0.25, 0.3) is 11.3 Å². The van der Waals surface area contributed by atoms with Gasteiger partial charge in [-0.1, -0.05) is 30.7 Å². The maximum atomic E-state index is 5.88. The van der Waals surface area contributed by atoms with Gasteiger partial charge in [-0.3, -0.25) is 4.68 Å². The monoisotopic (exact) mass is 298 g/mol. The fourth-order valence-corrected chi connectivity index (χ4v) is 2.67. The zero-order valence-electron chi connectivity index (χ0n) is 9.17. The van der Waals surface area contributed by atoms with Crippen molar-refractivity contribution in [2.24, 2.45) is 7.05 Å². The van der Waals surface area contributed by atoms with Crippen molar-refractivity contribution in [2.75, 3.05) is 0 Å². The summed E-state index contributed by atoms with van der Waals surface area (Å²) in [6, 6.07) is 7.79. The van der Waals surface area contributed by atoms with E-state index in [4.69, 9.17) is 11.6 Å². The molecule has 1 aromatic carbocycles. The molecule has 0 atom stereocenters. The number of benzene rings is 1. The molecule has 0 saturated carbocycles. The summed E-state index contributed by atoms with van der Waals surface area (Å²) < 4.78 is 2.96. The lowest BCUT2D eigenvalue weighted by molar-refractivity contribution is 0.753. The molecule has 4 heteroatoms. The predicted molar refractivity (Wildman–Crippen MR) is 70.7 cm³/mol. The first-order valence-corrected chi connectivity index (χ1v) is 6.28. The Morgan fingerprint density at radius 3 is 2.44 bits per heavy atom. The number of nitrogens with zero attached hydrogens (tertiary/aromatic N) is 2. The van der Waals surface area contributed by atoms with E-state index in [1.807, 2.05) is 36.0 Å². The molecule has 0 aliphatic heterocycles. The van der Waals surface area contributed by atoms with Gasteiger partial charge in [0.1, 0.15) is 0 Å². The molecule has 0 saturated heterocycles. The molecule has 0 radical (unpaired) electrons. The zero-order valence-corrected chi connectivity index (χ0v) is 11.5. The maximum Gasteiger partial charge on any atom is 0.0824 e. The average molecular weight is 300 g/mol. The van der Waals surface area contributed by atoms with Gasteiger partial charge in [-0.15, -0.1) is 0 Å². The fourth-order valence-electron chi connectivity index (χ4n) is 1.70. The number of hydrogen-bond donors (Lipinski definition) is 0. The van der Waals surface area contributed by atoms with Crippen molar-refractivity contribution < 1.29 is 0 Å². The van der Waals surface area contributed by atoms with Gasteiger partial charge in [0.05, 0.1) is 15.9 Å². The number of aromatic nitrogens is 2. The van der Waals surface area contributed by atoms with Crippen LogP contribution < -0.4 is 0 Å². The van der Waals surface area contributed by atoms with E-state index in [1.54, 1.807) is 0 Å². The third kappa shape index (κ3) is 2.02. The number of rotatable bonds is 2. The van der Waals surface area contributed by atoms with Gasteiger partial charge >= 0.3 is 0 Å². The Morgan fingerprint density at radius 1 is 1.31 bits per heavy atom. The van der Waals surface area contributed by atoms with Gasteiger partial charge in [-0.2, -0.15) is 5.10 Å². The molecule has 1 aromatic heterocycles. The van der Waals surface area contributed by atoms with Crippen LogP contribution >= 0.6 is 27.5 Å². The Morgan fingerprint density at radius 2 is 1.94 bits per heavy atom. The number of halogens is 2. The summed E-state index contributed by atoms with van der Waals surface area (Å²) in [5.74, 6) is 0. The third-order valence-corrected chi connectivity index (χ3v) is 3.59. The molecular formula is C12H12BrClN2. The van der Waals surface area contributed by atoms with E-state index < -0.39 is 0 Å². The molecule has 1 heterocycles. The van der Waals surface area contributed by atoms with Gasteiger partial charge in [-0.05, 0) is 34.5 Å². The van der Waals surface area contributed by atoms with E-state index in [2.05, 4.69) is 28.0 Å². The normalized spacial score (nSPS) is 10.8. The summed E-state index contributed by atoms with van der Waals surface area (Å²) in [5.41, 5.74) is 3.28. The Bertz CT molecular complexity index is 502. The summed E-state index contributed by atoms with van der Waals surface area (Å²) in [5, 5.41) is 5.21. The molecule has 2 aromatic rings. The van der Waals surface area contributed by atoms with Gasteiger partial charge in [0, 0.05) is 17.6 Å². The minimum Gasteiger partial charge on any atom is -0.266 e. The summed E-state index contributed by atoms with van der Waals surface area (Å²) in [4.78, 5) is 0. The Hall–Kier alpha value is -0.800. The lowest BCUT2D eigenvalue weighted by Crippen LogP contribution is -1.94. The quantitative estimate of drug-likeness (QED) is 0.817. The van der Waals surface area contributed by atoms with Crippen LogP contribution in [0.1, 0.15) is 12.6 Å². The molecule has 16 heavy (non-hydrogen) atoms. The van der Waals surface area contributed by atoms with Crippen molar-refractivity contribution in [1.82, 2.24) is 9.78 Å². The molecule has 0 fully saturated rings. The highest BCUT2D eigenvalue weighted by Crippen LogP contribution is 2.31. The van der Waals surface area contributed by atoms with Crippen molar-refractivity contribution in [3.63, 3.8) is 0 Å². The van der Waals surface area contributed by atoms with Gasteiger partial charge < -0.3 is 0 Å².